The first-order valence-corrected chi connectivity index (χ1v) is 6.58. The standard InChI is InChI=1S/C13H14N4S/c1-2-12(13-16-5-6-18-13)17-10-3-4-11(15)9(7-10)8-14/h3-7,12,17H,2,15H2,1H3. The number of anilines is 2. The Morgan fingerprint density at radius 3 is 3.00 bits per heavy atom. The van der Waals surface area contributed by atoms with Crippen molar-refractivity contribution >= 4 is 22.7 Å². The number of benzene rings is 1. The van der Waals surface area contributed by atoms with E-state index in [0.717, 1.165) is 17.1 Å². The van der Waals surface area contributed by atoms with Crippen LogP contribution < -0.4 is 11.1 Å². The summed E-state index contributed by atoms with van der Waals surface area (Å²) in [5.74, 6) is 0. The molecule has 18 heavy (non-hydrogen) atoms. The average molecular weight is 258 g/mol. The molecule has 1 aromatic heterocycles. The third-order valence-electron chi connectivity index (χ3n) is 2.67. The summed E-state index contributed by atoms with van der Waals surface area (Å²) < 4.78 is 0. The second kappa shape index (κ2) is 5.52. The zero-order chi connectivity index (χ0) is 13.0. The Hall–Kier alpha value is -2.06. The minimum atomic E-state index is 0.167. The van der Waals surface area contributed by atoms with Gasteiger partial charge >= 0.3 is 0 Å². The lowest BCUT2D eigenvalue weighted by molar-refractivity contribution is 0.742. The van der Waals surface area contributed by atoms with Gasteiger partial charge in [-0.25, -0.2) is 4.98 Å². The van der Waals surface area contributed by atoms with Crippen molar-refractivity contribution in [3.8, 4) is 6.07 Å². The van der Waals surface area contributed by atoms with E-state index in [4.69, 9.17) is 11.0 Å². The van der Waals surface area contributed by atoms with Crippen molar-refractivity contribution < 1.29 is 0 Å². The largest absolute Gasteiger partial charge is 0.398 e. The van der Waals surface area contributed by atoms with Crippen LogP contribution in [-0.2, 0) is 0 Å². The van der Waals surface area contributed by atoms with Gasteiger partial charge in [0.2, 0.25) is 0 Å². The maximum absolute atomic E-state index is 8.95. The van der Waals surface area contributed by atoms with E-state index in [0.29, 0.717) is 11.3 Å². The van der Waals surface area contributed by atoms with Gasteiger partial charge in [0, 0.05) is 23.0 Å². The molecule has 0 aliphatic rings. The van der Waals surface area contributed by atoms with Gasteiger partial charge in [0.25, 0.3) is 0 Å². The highest BCUT2D eigenvalue weighted by Crippen LogP contribution is 2.25. The van der Waals surface area contributed by atoms with Gasteiger partial charge in [0.15, 0.2) is 0 Å². The normalized spacial score (nSPS) is 11.8. The molecule has 0 radical (unpaired) electrons. The molecule has 3 N–H and O–H groups in total. The van der Waals surface area contributed by atoms with Crippen molar-refractivity contribution in [1.82, 2.24) is 4.98 Å². The van der Waals surface area contributed by atoms with E-state index in [9.17, 15) is 0 Å². The number of nitrogen functional groups attached to an aromatic ring is 1. The van der Waals surface area contributed by atoms with E-state index in [2.05, 4.69) is 23.3 Å². The molecule has 92 valence electrons. The van der Waals surface area contributed by atoms with E-state index >= 15 is 0 Å². The third kappa shape index (κ3) is 2.60. The molecule has 0 fully saturated rings. The van der Waals surface area contributed by atoms with Gasteiger partial charge in [-0.2, -0.15) is 5.26 Å². The smallest absolute Gasteiger partial charge is 0.115 e. The van der Waals surface area contributed by atoms with Gasteiger partial charge in [-0.05, 0) is 24.6 Å². The summed E-state index contributed by atoms with van der Waals surface area (Å²) in [5.41, 5.74) is 7.59. The molecule has 1 aromatic carbocycles. The fourth-order valence-electron chi connectivity index (χ4n) is 1.69. The van der Waals surface area contributed by atoms with Crippen LogP contribution in [0.15, 0.2) is 29.8 Å². The lowest BCUT2D eigenvalue weighted by Gasteiger charge is -2.16. The van der Waals surface area contributed by atoms with Crippen LogP contribution in [0.4, 0.5) is 11.4 Å². The average Bonchev–Trinajstić information content (AvgIpc) is 2.91. The Morgan fingerprint density at radius 1 is 1.56 bits per heavy atom. The van der Waals surface area contributed by atoms with Crippen molar-refractivity contribution in [3.63, 3.8) is 0 Å². The van der Waals surface area contributed by atoms with Gasteiger partial charge in [-0.3, -0.25) is 0 Å². The van der Waals surface area contributed by atoms with Gasteiger partial charge in [0.05, 0.1) is 11.6 Å². The number of aromatic nitrogens is 1. The quantitative estimate of drug-likeness (QED) is 0.826. The molecule has 0 saturated carbocycles. The first-order chi connectivity index (χ1) is 8.74. The highest BCUT2D eigenvalue weighted by Gasteiger charge is 2.12. The molecule has 0 aliphatic heterocycles. The van der Waals surface area contributed by atoms with Crippen molar-refractivity contribution in [2.45, 2.75) is 19.4 Å². The molecular formula is C13H14N4S. The van der Waals surface area contributed by atoms with Crippen molar-refractivity contribution in [2.24, 2.45) is 0 Å². The molecular weight excluding hydrogens is 244 g/mol. The van der Waals surface area contributed by atoms with Crippen LogP contribution >= 0.6 is 11.3 Å². The van der Waals surface area contributed by atoms with E-state index in [1.54, 1.807) is 29.7 Å². The maximum atomic E-state index is 8.95. The van der Waals surface area contributed by atoms with Gasteiger partial charge < -0.3 is 11.1 Å². The van der Waals surface area contributed by atoms with Gasteiger partial charge in [-0.15, -0.1) is 11.3 Å². The van der Waals surface area contributed by atoms with Gasteiger partial charge in [-0.1, -0.05) is 6.92 Å². The Morgan fingerprint density at radius 2 is 2.39 bits per heavy atom. The number of nitriles is 1. The lowest BCUT2D eigenvalue weighted by Crippen LogP contribution is -2.09. The summed E-state index contributed by atoms with van der Waals surface area (Å²) in [7, 11) is 0. The maximum Gasteiger partial charge on any atom is 0.115 e. The minimum absolute atomic E-state index is 0.167. The molecule has 0 amide bonds. The molecule has 1 atom stereocenters. The second-order valence-electron chi connectivity index (χ2n) is 3.89. The number of nitrogens with two attached hydrogens (primary N) is 1. The fraction of sp³-hybridized carbons (Fsp3) is 0.231. The summed E-state index contributed by atoms with van der Waals surface area (Å²) in [6, 6.07) is 7.65. The summed E-state index contributed by atoms with van der Waals surface area (Å²) in [6.07, 6.45) is 2.73. The molecule has 5 heteroatoms. The summed E-state index contributed by atoms with van der Waals surface area (Å²) in [5, 5.41) is 15.3. The zero-order valence-electron chi connectivity index (χ0n) is 10.1. The first kappa shape index (κ1) is 12.4. The first-order valence-electron chi connectivity index (χ1n) is 5.70. The number of rotatable bonds is 4. The monoisotopic (exact) mass is 258 g/mol. The van der Waals surface area contributed by atoms with Crippen LogP contribution in [0.1, 0.15) is 30.0 Å². The molecule has 4 nitrogen and oxygen atoms in total. The highest BCUT2D eigenvalue weighted by atomic mass is 32.1. The van der Waals surface area contributed by atoms with Crippen LogP contribution in [-0.4, -0.2) is 4.98 Å². The minimum Gasteiger partial charge on any atom is -0.398 e. The van der Waals surface area contributed by atoms with E-state index in [-0.39, 0.29) is 6.04 Å². The fourth-order valence-corrected chi connectivity index (χ4v) is 2.46. The number of nitrogens with zero attached hydrogens (tertiary/aromatic N) is 2. The van der Waals surface area contributed by atoms with Crippen molar-refractivity contribution in [3.05, 3.63) is 40.3 Å². The predicted octanol–water partition coefficient (Wildman–Crippen LogP) is 3.16. The van der Waals surface area contributed by atoms with E-state index in [1.165, 1.54) is 0 Å². The van der Waals surface area contributed by atoms with Crippen LogP contribution in [0.5, 0.6) is 0 Å². The van der Waals surface area contributed by atoms with E-state index < -0.39 is 0 Å². The van der Waals surface area contributed by atoms with Crippen LogP contribution in [0.25, 0.3) is 0 Å². The Kier molecular flexibility index (Phi) is 3.80. The summed E-state index contributed by atoms with van der Waals surface area (Å²) in [6.45, 7) is 2.10. The lowest BCUT2D eigenvalue weighted by atomic mass is 10.1. The second-order valence-corrected chi connectivity index (χ2v) is 4.82. The molecule has 1 unspecified atom stereocenters. The van der Waals surface area contributed by atoms with Crippen LogP contribution in [0.3, 0.4) is 0 Å². The number of hydrogen-bond acceptors (Lipinski definition) is 5. The molecule has 2 aromatic rings. The molecule has 1 heterocycles. The molecule has 0 saturated heterocycles. The number of hydrogen-bond donors (Lipinski definition) is 2. The zero-order valence-corrected chi connectivity index (χ0v) is 10.9. The van der Waals surface area contributed by atoms with Gasteiger partial charge in [0.1, 0.15) is 11.1 Å². The summed E-state index contributed by atoms with van der Waals surface area (Å²) in [4.78, 5) is 4.31. The topological polar surface area (TPSA) is 74.7 Å². The Balaban J connectivity index is 2.20. The molecule has 0 bridgehead atoms. The highest BCUT2D eigenvalue weighted by molar-refractivity contribution is 7.09. The number of thiazole rings is 1. The van der Waals surface area contributed by atoms with Crippen molar-refractivity contribution in [1.29, 1.82) is 5.26 Å². The predicted molar refractivity (Wildman–Crippen MR) is 74.3 cm³/mol. The third-order valence-corrected chi connectivity index (χ3v) is 3.56. The number of nitrogens with one attached hydrogen (secondary N) is 1. The molecule has 2 rings (SSSR count). The Bertz CT molecular complexity index is 557. The molecule has 0 aliphatic carbocycles. The molecule has 0 spiro atoms. The summed E-state index contributed by atoms with van der Waals surface area (Å²) >= 11 is 1.62. The SMILES string of the molecule is CCC(Nc1ccc(N)c(C#N)c1)c1nccs1. The van der Waals surface area contributed by atoms with E-state index in [1.807, 2.05) is 11.4 Å². The van der Waals surface area contributed by atoms with Crippen molar-refractivity contribution in [2.75, 3.05) is 11.1 Å². The van der Waals surface area contributed by atoms with Crippen LogP contribution in [0, 0.1) is 11.3 Å². The van der Waals surface area contributed by atoms with Crippen LogP contribution in [0.2, 0.25) is 0 Å². The Labute approximate surface area is 110 Å².